The maximum Gasteiger partial charge on any atom is 0.236 e. The van der Waals surface area contributed by atoms with E-state index >= 15 is 0 Å². The molecule has 1 saturated heterocycles. The molecule has 5 heteroatoms. The van der Waals surface area contributed by atoms with Gasteiger partial charge < -0.3 is 14.4 Å². The summed E-state index contributed by atoms with van der Waals surface area (Å²) >= 11 is 0. The van der Waals surface area contributed by atoms with Gasteiger partial charge in [0, 0.05) is 26.2 Å². The molecule has 0 N–H and O–H groups in total. The first-order chi connectivity index (χ1) is 10.3. The minimum atomic E-state index is 0.213. The molecule has 1 aromatic carbocycles. The van der Waals surface area contributed by atoms with Gasteiger partial charge in [-0.2, -0.15) is 0 Å². The molecular formula is C16H22N2O3. The first kappa shape index (κ1) is 14.4. The van der Waals surface area contributed by atoms with E-state index in [1.54, 1.807) is 7.11 Å². The van der Waals surface area contributed by atoms with E-state index in [0.29, 0.717) is 19.8 Å². The highest BCUT2D eigenvalue weighted by Crippen LogP contribution is 2.23. The second-order valence-electron chi connectivity index (χ2n) is 5.59. The fourth-order valence-corrected chi connectivity index (χ4v) is 2.96. The van der Waals surface area contributed by atoms with E-state index in [4.69, 9.17) is 9.47 Å². The van der Waals surface area contributed by atoms with Crippen molar-refractivity contribution in [3.63, 3.8) is 0 Å². The average Bonchev–Trinajstić information content (AvgIpc) is 2.55. The van der Waals surface area contributed by atoms with Crippen LogP contribution < -0.4 is 4.74 Å². The van der Waals surface area contributed by atoms with E-state index < -0.39 is 0 Å². The zero-order chi connectivity index (χ0) is 14.7. The Kier molecular flexibility index (Phi) is 4.41. The number of carbonyl (C=O) groups excluding carboxylic acids is 1. The average molecular weight is 290 g/mol. The highest BCUT2D eigenvalue weighted by atomic mass is 16.5. The Hall–Kier alpha value is -1.59. The van der Waals surface area contributed by atoms with E-state index in [1.807, 2.05) is 11.0 Å². The van der Waals surface area contributed by atoms with Gasteiger partial charge >= 0.3 is 0 Å². The summed E-state index contributed by atoms with van der Waals surface area (Å²) in [7, 11) is 1.68. The molecule has 0 aliphatic carbocycles. The van der Waals surface area contributed by atoms with Crippen LogP contribution in [0.15, 0.2) is 18.2 Å². The fourth-order valence-electron chi connectivity index (χ4n) is 2.96. The smallest absolute Gasteiger partial charge is 0.236 e. The lowest BCUT2D eigenvalue weighted by Gasteiger charge is -2.32. The van der Waals surface area contributed by atoms with Crippen LogP contribution >= 0.6 is 0 Å². The second kappa shape index (κ2) is 6.45. The van der Waals surface area contributed by atoms with Crippen LogP contribution in [-0.2, 0) is 22.5 Å². The number of amides is 1. The van der Waals surface area contributed by atoms with Crippen LogP contribution in [-0.4, -0.2) is 62.2 Å². The molecular weight excluding hydrogens is 268 g/mol. The monoisotopic (exact) mass is 290 g/mol. The van der Waals surface area contributed by atoms with E-state index in [-0.39, 0.29) is 5.91 Å². The molecule has 114 valence electrons. The van der Waals surface area contributed by atoms with Crippen LogP contribution in [0.3, 0.4) is 0 Å². The third kappa shape index (κ3) is 3.36. The van der Waals surface area contributed by atoms with Gasteiger partial charge in [-0.15, -0.1) is 0 Å². The summed E-state index contributed by atoms with van der Waals surface area (Å²) in [5, 5.41) is 0. The van der Waals surface area contributed by atoms with Crippen LogP contribution in [0.1, 0.15) is 11.1 Å². The second-order valence-corrected chi connectivity index (χ2v) is 5.59. The molecule has 1 fully saturated rings. The summed E-state index contributed by atoms with van der Waals surface area (Å²) in [5.41, 5.74) is 2.64. The van der Waals surface area contributed by atoms with Crippen LogP contribution in [0.4, 0.5) is 0 Å². The Labute approximate surface area is 125 Å². The lowest BCUT2D eigenvalue weighted by molar-refractivity contribution is -0.136. The molecule has 0 unspecified atom stereocenters. The molecule has 3 rings (SSSR count). The van der Waals surface area contributed by atoms with Gasteiger partial charge in [0.05, 0.1) is 26.9 Å². The van der Waals surface area contributed by atoms with Gasteiger partial charge in [0.1, 0.15) is 5.75 Å². The predicted octanol–water partition coefficient (Wildman–Crippen LogP) is 0.912. The number of methoxy groups -OCH3 is 1. The topological polar surface area (TPSA) is 42.0 Å². The normalized spacial score (nSPS) is 19.2. The van der Waals surface area contributed by atoms with Gasteiger partial charge in [0.2, 0.25) is 5.91 Å². The third-order valence-corrected chi connectivity index (χ3v) is 4.23. The summed E-state index contributed by atoms with van der Waals surface area (Å²) in [5.74, 6) is 1.10. The molecule has 2 aliphatic rings. The number of ether oxygens (including phenoxy) is 2. The molecule has 0 bridgehead atoms. The highest BCUT2D eigenvalue weighted by molar-refractivity contribution is 5.78. The number of nitrogens with zero attached hydrogens (tertiary/aromatic N) is 2. The van der Waals surface area contributed by atoms with Crippen molar-refractivity contribution in [3.05, 3.63) is 29.3 Å². The molecule has 0 radical (unpaired) electrons. The van der Waals surface area contributed by atoms with Crippen molar-refractivity contribution in [1.29, 1.82) is 0 Å². The maximum atomic E-state index is 12.3. The number of morpholine rings is 1. The Morgan fingerprint density at radius 3 is 2.81 bits per heavy atom. The highest BCUT2D eigenvalue weighted by Gasteiger charge is 2.22. The van der Waals surface area contributed by atoms with Crippen molar-refractivity contribution in [3.8, 4) is 5.75 Å². The van der Waals surface area contributed by atoms with Gasteiger partial charge in [-0.05, 0) is 29.7 Å². The molecule has 2 heterocycles. The Morgan fingerprint density at radius 1 is 1.24 bits per heavy atom. The minimum absolute atomic E-state index is 0.213. The maximum absolute atomic E-state index is 12.3. The molecule has 1 aromatic rings. The van der Waals surface area contributed by atoms with Crippen molar-refractivity contribution < 1.29 is 14.3 Å². The quantitative estimate of drug-likeness (QED) is 0.830. The summed E-state index contributed by atoms with van der Waals surface area (Å²) in [4.78, 5) is 16.4. The van der Waals surface area contributed by atoms with Crippen molar-refractivity contribution in [2.75, 3.05) is 46.5 Å². The fraction of sp³-hybridized carbons (Fsp3) is 0.562. The number of benzene rings is 1. The van der Waals surface area contributed by atoms with Gasteiger partial charge in [-0.3, -0.25) is 9.69 Å². The zero-order valence-corrected chi connectivity index (χ0v) is 12.5. The van der Waals surface area contributed by atoms with Gasteiger partial charge in [-0.1, -0.05) is 6.07 Å². The number of fused-ring (bicyclic) bond motifs is 1. The molecule has 0 atom stereocenters. The summed E-state index contributed by atoms with van der Waals surface area (Å²) in [6.07, 6.45) is 0.996. The molecule has 5 nitrogen and oxygen atoms in total. The SMILES string of the molecule is COc1ccc2c(c1)CN(CC(=O)N1CCOCC1)CC2. The molecule has 2 aliphatic heterocycles. The van der Waals surface area contributed by atoms with Crippen LogP contribution in [0.5, 0.6) is 5.75 Å². The van der Waals surface area contributed by atoms with Crippen molar-refractivity contribution >= 4 is 5.91 Å². The molecule has 0 aromatic heterocycles. The lowest BCUT2D eigenvalue weighted by atomic mass is 9.99. The first-order valence-corrected chi connectivity index (χ1v) is 7.50. The van der Waals surface area contributed by atoms with Crippen molar-refractivity contribution in [1.82, 2.24) is 9.80 Å². The van der Waals surface area contributed by atoms with Crippen molar-refractivity contribution in [2.24, 2.45) is 0 Å². The standard InChI is InChI=1S/C16H22N2O3/c1-20-15-3-2-13-4-5-17(11-14(13)10-15)12-16(19)18-6-8-21-9-7-18/h2-3,10H,4-9,11-12H2,1H3. The van der Waals surface area contributed by atoms with E-state index in [1.165, 1.54) is 11.1 Å². The Bertz CT molecular complexity index is 512. The summed E-state index contributed by atoms with van der Waals surface area (Å²) in [6, 6.07) is 6.23. The molecule has 1 amide bonds. The van der Waals surface area contributed by atoms with Crippen LogP contribution in [0.25, 0.3) is 0 Å². The van der Waals surface area contributed by atoms with E-state index in [2.05, 4.69) is 17.0 Å². The summed E-state index contributed by atoms with van der Waals surface area (Å²) in [6.45, 7) is 5.01. The zero-order valence-electron chi connectivity index (χ0n) is 12.5. The number of hydrogen-bond acceptors (Lipinski definition) is 4. The first-order valence-electron chi connectivity index (χ1n) is 7.50. The van der Waals surface area contributed by atoms with Crippen LogP contribution in [0, 0.1) is 0 Å². The third-order valence-electron chi connectivity index (χ3n) is 4.23. The number of hydrogen-bond donors (Lipinski definition) is 0. The molecule has 0 saturated carbocycles. The van der Waals surface area contributed by atoms with Gasteiger partial charge in [0.25, 0.3) is 0 Å². The van der Waals surface area contributed by atoms with Gasteiger partial charge in [0.15, 0.2) is 0 Å². The largest absolute Gasteiger partial charge is 0.497 e. The van der Waals surface area contributed by atoms with Gasteiger partial charge in [-0.25, -0.2) is 0 Å². The van der Waals surface area contributed by atoms with Crippen LogP contribution in [0.2, 0.25) is 0 Å². The summed E-state index contributed by atoms with van der Waals surface area (Å²) < 4.78 is 10.6. The lowest BCUT2D eigenvalue weighted by Crippen LogP contribution is -2.46. The number of carbonyl (C=O) groups is 1. The minimum Gasteiger partial charge on any atom is -0.497 e. The molecule has 0 spiro atoms. The van der Waals surface area contributed by atoms with E-state index in [0.717, 1.165) is 38.3 Å². The Balaban J connectivity index is 1.61. The predicted molar refractivity (Wildman–Crippen MR) is 79.4 cm³/mol. The number of rotatable bonds is 3. The van der Waals surface area contributed by atoms with E-state index in [9.17, 15) is 4.79 Å². The Morgan fingerprint density at radius 2 is 2.05 bits per heavy atom. The molecule has 21 heavy (non-hydrogen) atoms. The van der Waals surface area contributed by atoms with Crippen molar-refractivity contribution in [2.45, 2.75) is 13.0 Å².